The smallest absolute Gasteiger partial charge is 0.330 e. The number of hydrazone groups is 1. The number of nitrogens with zero attached hydrogens (tertiary/aromatic N) is 1. The van der Waals surface area contributed by atoms with E-state index in [1.54, 1.807) is 0 Å². The number of nitrogens with one attached hydrogen (secondary N) is 2. The molecule has 0 aliphatic carbocycles. The highest BCUT2D eigenvalue weighted by atomic mass is 16.5. The van der Waals surface area contributed by atoms with E-state index in [4.69, 9.17) is 0 Å². The summed E-state index contributed by atoms with van der Waals surface area (Å²) in [4.78, 5) is 10.6. The van der Waals surface area contributed by atoms with Crippen molar-refractivity contribution in [1.29, 1.82) is 0 Å². The van der Waals surface area contributed by atoms with Gasteiger partial charge in [-0.15, -0.1) is 0 Å². The predicted molar refractivity (Wildman–Crippen MR) is 30.6 cm³/mol. The summed E-state index contributed by atoms with van der Waals surface area (Å²) in [5.41, 5.74) is 4.97. The van der Waals surface area contributed by atoms with Crippen molar-refractivity contribution in [2.45, 2.75) is 6.04 Å². The average Bonchev–Trinajstić information content (AvgIpc) is 2.37. The Kier molecular flexibility index (Phi) is 1.64. The lowest BCUT2D eigenvalue weighted by atomic mass is 10.3. The van der Waals surface area contributed by atoms with Gasteiger partial charge < -0.3 is 4.74 Å². The Bertz CT molecular complexity index is 145. The molecule has 5 nitrogen and oxygen atoms in total. The van der Waals surface area contributed by atoms with E-state index in [0.29, 0.717) is 0 Å². The molecule has 50 valence electrons. The lowest BCUT2D eigenvalue weighted by Gasteiger charge is -2.02. The molecule has 0 amide bonds. The van der Waals surface area contributed by atoms with E-state index in [1.165, 1.54) is 13.3 Å². The van der Waals surface area contributed by atoms with Crippen LogP contribution in [0.5, 0.6) is 0 Å². The van der Waals surface area contributed by atoms with Gasteiger partial charge in [0.2, 0.25) is 0 Å². The van der Waals surface area contributed by atoms with Gasteiger partial charge in [0.25, 0.3) is 0 Å². The van der Waals surface area contributed by atoms with Crippen LogP contribution in [0.1, 0.15) is 0 Å². The Morgan fingerprint density at radius 3 is 3.11 bits per heavy atom. The third kappa shape index (κ3) is 1.17. The first-order valence-corrected chi connectivity index (χ1v) is 2.46. The number of esters is 1. The molecule has 0 bridgehead atoms. The third-order valence-corrected chi connectivity index (χ3v) is 0.963. The summed E-state index contributed by atoms with van der Waals surface area (Å²) in [6.45, 7) is 0. The number of ether oxygens (including phenoxy) is 1. The molecule has 0 saturated carbocycles. The van der Waals surface area contributed by atoms with Crippen molar-refractivity contribution in [3.63, 3.8) is 0 Å². The first kappa shape index (κ1) is 6.03. The monoisotopic (exact) mass is 129 g/mol. The largest absolute Gasteiger partial charge is 0.468 e. The summed E-state index contributed by atoms with van der Waals surface area (Å²) in [5, 5.41) is 3.55. The molecule has 9 heavy (non-hydrogen) atoms. The van der Waals surface area contributed by atoms with Crippen molar-refractivity contribution in [3.8, 4) is 0 Å². The number of hydrazine groups is 1. The van der Waals surface area contributed by atoms with Crippen molar-refractivity contribution >= 4 is 12.2 Å². The molecular formula is C4H7N3O2. The van der Waals surface area contributed by atoms with Crippen LogP contribution in [0.15, 0.2) is 5.10 Å². The molecule has 0 aromatic carbocycles. The minimum Gasteiger partial charge on any atom is -0.468 e. The first-order chi connectivity index (χ1) is 4.34. The minimum atomic E-state index is -0.435. The van der Waals surface area contributed by atoms with Gasteiger partial charge in [-0.25, -0.2) is 15.8 Å². The first-order valence-electron chi connectivity index (χ1n) is 2.46. The SMILES string of the molecule is COC(=O)C1C=NNN1. The van der Waals surface area contributed by atoms with E-state index < -0.39 is 6.04 Å². The van der Waals surface area contributed by atoms with Crippen LogP contribution >= 0.6 is 0 Å². The molecule has 0 aromatic heterocycles. The lowest BCUT2D eigenvalue weighted by molar-refractivity contribution is -0.141. The quantitative estimate of drug-likeness (QED) is 0.428. The summed E-state index contributed by atoms with van der Waals surface area (Å²) in [7, 11) is 1.33. The van der Waals surface area contributed by atoms with Crippen molar-refractivity contribution in [2.24, 2.45) is 5.10 Å². The number of carbonyl (C=O) groups is 1. The molecular weight excluding hydrogens is 122 g/mol. The van der Waals surface area contributed by atoms with Gasteiger partial charge >= 0.3 is 5.97 Å². The molecule has 0 aromatic rings. The summed E-state index contributed by atoms with van der Waals surface area (Å²) in [6.07, 6.45) is 1.44. The van der Waals surface area contributed by atoms with E-state index in [1.807, 2.05) is 0 Å². The minimum absolute atomic E-state index is 0.344. The zero-order valence-corrected chi connectivity index (χ0v) is 4.92. The Labute approximate surface area is 52.0 Å². The number of hydrogen-bond donors (Lipinski definition) is 2. The zero-order valence-electron chi connectivity index (χ0n) is 4.92. The Balaban J connectivity index is 2.43. The standard InChI is InChI=1S/C4H7N3O2/c1-9-4(8)3-2-5-7-6-3/h2-3,6-7H,1H3. The van der Waals surface area contributed by atoms with Crippen LogP contribution in [0.25, 0.3) is 0 Å². The van der Waals surface area contributed by atoms with Crippen LogP contribution < -0.4 is 11.0 Å². The molecule has 5 heteroatoms. The number of rotatable bonds is 1. The van der Waals surface area contributed by atoms with E-state index >= 15 is 0 Å². The highest BCUT2D eigenvalue weighted by Crippen LogP contribution is 1.85. The maximum atomic E-state index is 10.6. The molecule has 1 aliphatic heterocycles. The zero-order chi connectivity index (χ0) is 6.69. The Morgan fingerprint density at radius 1 is 1.89 bits per heavy atom. The van der Waals surface area contributed by atoms with Gasteiger partial charge in [0, 0.05) is 0 Å². The van der Waals surface area contributed by atoms with Crippen LogP contribution in [0.2, 0.25) is 0 Å². The van der Waals surface area contributed by atoms with Crippen molar-refractivity contribution < 1.29 is 9.53 Å². The van der Waals surface area contributed by atoms with Gasteiger partial charge in [0.1, 0.15) is 0 Å². The van der Waals surface area contributed by atoms with Gasteiger partial charge in [0.15, 0.2) is 6.04 Å². The fourth-order valence-corrected chi connectivity index (χ4v) is 0.503. The van der Waals surface area contributed by atoms with Gasteiger partial charge in [-0.05, 0) is 0 Å². The highest BCUT2D eigenvalue weighted by molar-refractivity contribution is 5.94. The topological polar surface area (TPSA) is 62.7 Å². The summed E-state index contributed by atoms with van der Waals surface area (Å²) in [5.74, 6) is -0.344. The molecule has 1 rings (SSSR count). The van der Waals surface area contributed by atoms with Crippen molar-refractivity contribution in [1.82, 2.24) is 11.0 Å². The molecule has 1 unspecified atom stereocenters. The fraction of sp³-hybridized carbons (Fsp3) is 0.500. The van der Waals surface area contributed by atoms with Crippen LogP contribution in [-0.2, 0) is 9.53 Å². The Hall–Kier alpha value is -1.10. The fourth-order valence-electron chi connectivity index (χ4n) is 0.503. The van der Waals surface area contributed by atoms with Gasteiger partial charge in [-0.3, -0.25) is 0 Å². The molecule has 0 fully saturated rings. The third-order valence-electron chi connectivity index (χ3n) is 0.963. The van der Waals surface area contributed by atoms with Crippen LogP contribution in [0.4, 0.5) is 0 Å². The summed E-state index contributed by atoms with van der Waals surface area (Å²) < 4.78 is 4.40. The maximum absolute atomic E-state index is 10.6. The molecule has 1 aliphatic rings. The second kappa shape index (κ2) is 2.45. The van der Waals surface area contributed by atoms with Crippen LogP contribution in [-0.4, -0.2) is 25.3 Å². The van der Waals surface area contributed by atoms with Gasteiger partial charge in [-0.2, -0.15) is 5.10 Å². The molecule has 0 radical (unpaired) electrons. The molecule has 1 heterocycles. The number of methoxy groups -OCH3 is 1. The second-order valence-corrected chi connectivity index (χ2v) is 1.54. The number of carbonyl (C=O) groups excluding carboxylic acids is 1. The average molecular weight is 129 g/mol. The highest BCUT2D eigenvalue weighted by Gasteiger charge is 2.18. The molecule has 1 atom stereocenters. The summed E-state index contributed by atoms with van der Waals surface area (Å²) in [6, 6.07) is -0.435. The van der Waals surface area contributed by atoms with Crippen LogP contribution in [0, 0.1) is 0 Å². The second-order valence-electron chi connectivity index (χ2n) is 1.54. The van der Waals surface area contributed by atoms with E-state index in [-0.39, 0.29) is 5.97 Å². The van der Waals surface area contributed by atoms with E-state index in [0.717, 1.165) is 0 Å². The molecule has 2 N–H and O–H groups in total. The normalized spacial score (nSPS) is 23.4. The van der Waals surface area contributed by atoms with Crippen LogP contribution in [0.3, 0.4) is 0 Å². The van der Waals surface area contributed by atoms with Gasteiger partial charge in [-0.1, -0.05) is 0 Å². The Morgan fingerprint density at radius 2 is 2.67 bits per heavy atom. The van der Waals surface area contributed by atoms with E-state index in [9.17, 15) is 4.79 Å². The van der Waals surface area contributed by atoms with E-state index in [2.05, 4.69) is 20.8 Å². The molecule has 0 spiro atoms. The summed E-state index contributed by atoms with van der Waals surface area (Å²) >= 11 is 0. The van der Waals surface area contributed by atoms with Crippen molar-refractivity contribution in [2.75, 3.05) is 7.11 Å². The predicted octanol–water partition coefficient (Wildman–Crippen LogP) is -1.38. The van der Waals surface area contributed by atoms with Gasteiger partial charge in [0.05, 0.1) is 13.3 Å². The molecule has 0 saturated heterocycles. The maximum Gasteiger partial charge on any atom is 0.330 e. The van der Waals surface area contributed by atoms with Crippen molar-refractivity contribution in [3.05, 3.63) is 0 Å². The lowest BCUT2D eigenvalue weighted by Crippen LogP contribution is -2.38. The number of hydrogen-bond acceptors (Lipinski definition) is 5.